The fourth-order valence-corrected chi connectivity index (χ4v) is 7.70. The summed E-state index contributed by atoms with van der Waals surface area (Å²) in [4.78, 5) is 13.8. The van der Waals surface area contributed by atoms with Gasteiger partial charge in [0.25, 0.3) is 0 Å². The van der Waals surface area contributed by atoms with E-state index in [9.17, 15) is 9.59 Å². The van der Waals surface area contributed by atoms with Gasteiger partial charge in [-0.3, -0.25) is 9.59 Å². The Kier molecular flexibility index (Phi) is 4.60. The Balaban J connectivity index is 3.08. The van der Waals surface area contributed by atoms with Crippen molar-refractivity contribution in [2.75, 3.05) is 0 Å². The summed E-state index contributed by atoms with van der Waals surface area (Å²) in [7, 11) is 0. The summed E-state index contributed by atoms with van der Waals surface area (Å²) < 4.78 is -2.37. The summed E-state index contributed by atoms with van der Waals surface area (Å²) in [6.45, 7) is 0. The zero-order valence-electron chi connectivity index (χ0n) is 9.10. The molecule has 0 aromatic rings. The molecule has 21 heavy (non-hydrogen) atoms. The lowest BCUT2D eigenvalue weighted by Crippen LogP contribution is -2.66. The van der Waals surface area contributed by atoms with Crippen molar-refractivity contribution >= 4 is 126 Å². The summed E-state index contributed by atoms with van der Waals surface area (Å²) in [6.07, 6.45) is 0. The molecule has 0 aromatic heterocycles. The molecular formula is C9Cl10O2. The lowest BCUT2D eigenvalue weighted by molar-refractivity contribution is -0.121. The maximum absolute atomic E-state index is 11.9. The van der Waals surface area contributed by atoms with E-state index in [1.165, 1.54) is 0 Å². The Morgan fingerprint density at radius 2 is 0.905 bits per heavy atom. The minimum atomic E-state index is -2.65. The van der Waals surface area contributed by atoms with Gasteiger partial charge in [-0.2, -0.15) is 0 Å². The van der Waals surface area contributed by atoms with E-state index in [1.807, 2.05) is 0 Å². The van der Waals surface area contributed by atoms with Gasteiger partial charge in [0.1, 0.15) is 9.75 Å². The Labute approximate surface area is 168 Å². The zero-order chi connectivity index (χ0) is 16.8. The van der Waals surface area contributed by atoms with Crippen molar-refractivity contribution < 1.29 is 9.59 Å². The number of carbonyl (C=O) groups is 2. The van der Waals surface area contributed by atoms with E-state index >= 15 is 0 Å². The van der Waals surface area contributed by atoms with Crippen LogP contribution in [0.4, 0.5) is 0 Å². The van der Waals surface area contributed by atoms with Crippen LogP contribution in [0.3, 0.4) is 0 Å². The van der Waals surface area contributed by atoms with Crippen molar-refractivity contribution in [3.8, 4) is 0 Å². The summed E-state index contributed by atoms with van der Waals surface area (Å²) in [6, 6.07) is 0. The van der Waals surface area contributed by atoms with Gasteiger partial charge in [-0.05, 0) is 23.2 Å². The van der Waals surface area contributed by atoms with Gasteiger partial charge in [0, 0.05) is 0 Å². The molecule has 2 nitrogen and oxygen atoms in total. The first-order valence-corrected chi connectivity index (χ1v) is 8.58. The van der Waals surface area contributed by atoms with E-state index in [0.29, 0.717) is 0 Å². The third kappa shape index (κ3) is 1.56. The van der Waals surface area contributed by atoms with Gasteiger partial charge in [-0.25, -0.2) is 0 Å². The molecule has 0 saturated heterocycles. The maximum atomic E-state index is 11.9. The molecule has 2 rings (SSSR count). The van der Waals surface area contributed by atoms with Crippen molar-refractivity contribution in [3.05, 3.63) is 10.1 Å². The van der Waals surface area contributed by atoms with Crippen LogP contribution in [0.25, 0.3) is 0 Å². The largest absolute Gasteiger partial charge is 0.279 e. The zero-order valence-corrected chi connectivity index (χ0v) is 16.7. The summed E-state index contributed by atoms with van der Waals surface area (Å²) in [5.74, 6) is 0. The third-order valence-corrected chi connectivity index (χ3v) is 10.4. The van der Waals surface area contributed by atoms with E-state index in [1.54, 1.807) is 0 Å². The molecule has 2 bridgehead atoms. The smallest absolute Gasteiger partial charge is 0.247 e. The SMILES string of the molecule is O=C(Cl)C1(Cl)C2(Cl)C(Cl)=C(Cl)C(Cl)(C2(Cl)Cl)C1(Cl)C(=O)Cl. The van der Waals surface area contributed by atoms with Gasteiger partial charge in [-0.1, -0.05) is 46.4 Å². The predicted molar refractivity (Wildman–Crippen MR) is 89.2 cm³/mol. The number of carbonyl (C=O) groups excluding carboxylic acids is 2. The highest BCUT2D eigenvalue weighted by Gasteiger charge is 2.96. The van der Waals surface area contributed by atoms with Gasteiger partial charge in [0.15, 0.2) is 14.1 Å². The standard InChI is InChI=1S/C9Cl10O2/c10-1-2(11)6(15)8(17,4(13)21)7(16,3(12)20)5(1,14)9(6,18)19. The van der Waals surface area contributed by atoms with Crippen molar-refractivity contribution in [1.82, 2.24) is 0 Å². The van der Waals surface area contributed by atoms with Crippen LogP contribution < -0.4 is 0 Å². The van der Waals surface area contributed by atoms with Crippen LogP contribution in [-0.2, 0) is 9.59 Å². The molecule has 0 heterocycles. The molecule has 4 unspecified atom stereocenters. The normalized spacial score (nSPS) is 47.9. The van der Waals surface area contributed by atoms with Crippen LogP contribution in [0.2, 0.25) is 0 Å². The van der Waals surface area contributed by atoms with Crippen LogP contribution >= 0.6 is 116 Å². The van der Waals surface area contributed by atoms with Gasteiger partial charge in [0.2, 0.25) is 10.5 Å². The molecule has 0 aliphatic heterocycles. The Morgan fingerprint density at radius 3 is 1.10 bits per heavy atom. The summed E-state index contributed by atoms with van der Waals surface area (Å²) >= 11 is 60.3. The third-order valence-electron chi connectivity index (χ3n) is 3.63. The van der Waals surface area contributed by atoms with Crippen LogP contribution in [0.1, 0.15) is 0 Å². The molecular weight excluding hydrogens is 495 g/mol. The number of hydrogen-bond donors (Lipinski definition) is 0. The lowest BCUT2D eigenvalue weighted by Gasteiger charge is -2.44. The van der Waals surface area contributed by atoms with Crippen LogP contribution in [0.5, 0.6) is 0 Å². The number of allylic oxidation sites excluding steroid dienone is 2. The molecule has 1 fully saturated rings. The molecule has 12 heteroatoms. The number of rotatable bonds is 2. The number of fused-ring (bicyclic) bond motifs is 2. The van der Waals surface area contributed by atoms with Crippen molar-refractivity contribution in [2.45, 2.75) is 23.8 Å². The number of hydrogen-bond acceptors (Lipinski definition) is 2. The first-order chi connectivity index (χ1) is 9.20. The van der Waals surface area contributed by atoms with E-state index in [0.717, 1.165) is 0 Å². The molecule has 2 aliphatic carbocycles. The van der Waals surface area contributed by atoms with Crippen molar-refractivity contribution in [1.29, 1.82) is 0 Å². The molecule has 0 aromatic carbocycles. The fraction of sp³-hybridized carbons (Fsp3) is 0.556. The van der Waals surface area contributed by atoms with Gasteiger partial charge in [-0.15, -0.1) is 46.4 Å². The average molecular weight is 495 g/mol. The second-order valence-corrected chi connectivity index (χ2v) is 9.42. The maximum Gasteiger partial charge on any atom is 0.247 e. The highest BCUT2D eigenvalue weighted by Crippen LogP contribution is 2.82. The highest BCUT2D eigenvalue weighted by atomic mass is 35.5. The molecule has 2 aliphatic rings. The number of halogens is 10. The predicted octanol–water partition coefficient (Wildman–Crippen LogP) is 5.32. The summed E-state index contributed by atoms with van der Waals surface area (Å²) in [5.41, 5.74) is 0. The first kappa shape index (κ1) is 19.3. The molecule has 0 radical (unpaired) electrons. The molecule has 1 saturated carbocycles. The molecule has 0 N–H and O–H groups in total. The Hall–Kier alpha value is 1.98. The van der Waals surface area contributed by atoms with E-state index in [-0.39, 0.29) is 0 Å². The topological polar surface area (TPSA) is 34.1 Å². The monoisotopic (exact) mass is 490 g/mol. The first-order valence-electron chi connectivity index (χ1n) is 4.80. The molecule has 0 amide bonds. The van der Waals surface area contributed by atoms with Crippen molar-refractivity contribution in [2.24, 2.45) is 0 Å². The second kappa shape index (κ2) is 5.00. The number of alkyl halides is 6. The van der Waals surface area contributed by atoms with Crippen LogP contribution in [-0.4, -0.2) is 34.3 Å². The van der Waals surface area contributed by atoms with E-state index < -0.39 is 44.4 Å². The Bertz CT molecular complexity index is 566. The lowest BCUT2D eigenvalue weighted by atomic mass is 9.81. The fourth-order valence-electron chi connectivity index (χ4n) is 2.57. The summed E-state index contributed by atoms with van der Waals surface area (Å²) in [5, 5.41) is -3.66. The van der Waals surface area contributed by atoms with E-state index in [2.05, 4.69) is 0 Å². The minimum Gasteiger partial charge on any atom is -0.279 e. The van der Waals surface area contributed by atoms with Crippen molar-refractivity contribution in [3.63, 3.8) is 0 Å². The van der Waals surface area contributed by atoms with Crippen LogP contribution in [0, 0.1) is 0 Å². The van der Waals surface area contributed by atoms with E-state index in [4.69, 9.17) is 116 Å². The van der Waals surface area contributed by atoms with Gasteiger partial charge >= 0.3 is 0 Å². The minimum absolute atomic E-state index is 0.455. The Morgan fingerprint density at radius 1 is 0.667 bits per heavy atom. The van der Waals surface area contributed by atoms with Gasteiger partial charge < -0.3 is 0 Å². The highest BCUT2D eigenvalue weighted by molar-refractivity contribution is 6.84. The second-order valence-electron chi connectivity index (χ2n) is 4.38. The molecule has 118 valence electrons. The molecule has 4 atom stereocenters. The average Bonchev–Trinajstić information content (AvgIpc) is 2.53. The quantitative estimate of drug-likeness (QED) is 0.385. The molecule has 0 spiro atoms. The van der Waals surface area contributed by atoms with Crippen LogP contribution in [0.15, 0.2) is 10.1 Å². The van der Waals surface area contributed by atoms with Gasteiger partial charge in [0.05, 0.1) is 10.1 Å².